The van der Waals surface area contributed by atoms with Crippen LogP contribution in [0.4, 0.5) is 14.5 Å². The van der Waals surface area contributed by atoms with Crippen LogP contribution >= 0.6 is 0 Å². The van der Waals surface area contributed by atoms with Gasteiger partial charge in [-0.25, -0.2) is 17.2 Å². The van der Waals surface area contributed by atoms with E-state index in [0.717, 1.165) is 38.0 Å². The molecule has 0 radical (unpaired) electrons. The minimum Gasteiger partial charge on any atom is -0.352 e. The molecule has 184 valence electrons. The lowest BCUT2D eigenvalue weighted by Crippen LogP contribution is -2.52. The molecule has 1 fully saturated rings. The van der Waals surface area contributed by atoms with Crippen molar-refractivity contribution in [2.75, 3.05) is 17.1 Å². The van der Waals surface area contributed by atoms with Crippen molar-refractivity contribution >= 4 is 27.5 Å². The van der Waals surface area contributed by atoms with Gasteiger partial charge >= 0.3 is 0 Å². The summed E-state index contributed by atoms with van der Waals surface area (Å²) in [4.78, 5) is 27.6. The van der Waals surface area contributed by atoms with Gasteiger partial charge in [0.05, 0.1) is 11.9 Å². The van der Waals surface area contributed by atoms with E-state index in [1.807, 2.05) is 0 Å². The molecule has 0 heterocycles. The van der Waals surface area contributed by atoms with Crippen LogP contribution in [0.25, 0.3) is 0 Å². The van der Waals surface area contributed by atoms with E-state index in [2.05, 4.69) is 5.32 Å². The molecular formula is C24H29F2N3O4S. The number of hydrogen-bond acceptors (Lipinski definition) is 4. The van der Waals surface area contributed by atoms with Crippen molar-refractivity contribution in [3.8, 4) is 0 Å². The lowest BCUT2D eigenvalue weighted by atomic mass is 10.1. The fraction of sp³-hybridized carbons (Fsp3) is 0.417. The fourth-order valence-electron chi connectivity index (χ4n) is 4.01. The van der Waals surface area contributed by atoms with E-state index in [0.29, 0.717) is 9.87 Å². The summed E-state index contributed by atoms with van der Waals surface area (Å²) in [6, 6.07) is 9.81. The molecule has 7 nitrogen and oxygen atoms in total. The molecule has 1 aliphatic carbocycles. The maximum absolute atomic E-state index is 14.4. The van der Waals surface area contributed by atoms with Gasteiger partial charge in [0.15, 0.2) is 0 Å². The molecule has 3 rings (SSSR count). The zero-order chi connectivity index (χ0) is 24.9. The highest BCUT2D eigenvalue weighted by atomic mass is 32.2. The smallest absolute Gasteiger partial charge is 0.244 e. The van der Waals surface area contributed by atoms with Crippen LogP contribution in [0.1, 0.15) is 38.2 Å². The highest BCUT2D eigenvalue weighted by Crippen LogP contribution is 2.23. The quantitative estimate of drug-likeness (QED) is 0.581. The first-order chi connectivity index (χ1) is 16.1. The number of nitrogens with one attached hydrogen (secondary N) is 1. The van der Waals surface area contributed by atoms with E-state index in [1.54, 1.807) is 6.92 Å². The number of benzene rings is 2. The second-order valence-electron chi connectivity index (χ2n) is 8.54. The molecule has 0 bridgehead atoms. The number of anilines is 1. The Labute approximate surface area is 198 Å². The summed E-state index contributed by atoms with van der Waals surface area (Å²) in [5.74, 6) is -2.29. The molecule has 2 aromatic rings. The summed E-state index contributed by atoms with van der Waals surface area (Å²) in [6.07, 6.45) is 4.64. The third kappa shape index (κ3) is 6.53. The molecule has 1 saturated carbocycles. The van der Waals surface area contributed by atoms with Gasteiger partial charge < -0.3 is 10.2 Å². The van der Waals surface area contributed by atoms with Gasteiger partial charge in [-0.15, -0.1) is 0 Å². The number of halogens is 2. The molecule has 10 heteroatoms. The van der Waals surface area contributed by atoms with E-state index in [9.17, 15) is 26.8 Å². The zero-order valence-corrected chi connectivity index (χ0v) is 20.0. The summed E-state index contributed by atoms with van der Waals surface area (Å²) in [5, 5.41) is 2.95. The van der Waals surface area contributed by atoms with E-state index in [-0.39, 0.29) is 24.2 Å². The van der Waals surface area contributed by atoms with Crippen molar-refractivity contribution in [2.45, 2.75) is 51.2 Å². The number of rotatable bonds is 9. The van der Waals surface area contributed by atoms with Gasteiger partial charge in [0, 0.05) is 12.6 Å². The Morgan fingerprint density at radius 1 is 1.06 bits per heavy atom. The summed E-state index contributed by atoms with van der Waals surface area (Å²) in [6.45, 7) is 0.814. The van der Waals surface area contributed by atoms with Crippen molar-refractivity contribution in [1.82, 2.24) is 10.2 Å². The van der Waals surface area contributed by atoms with Gasteiger partial charge in [-0.2, -0.15) is 0 Å². The van der Waals surface area contributed by atoms with E-state index in [1.165, 1.54) is 47.4 Å². The van der Waals surface area contributed by atoms with Crippen LogP contribution in [0, 0.1) is 11.6 Å². The molecule has 0 spiro atoms. The van der Waals surface area contributed by atoms with Crippen molar-refractivity contribution in [3.05, 3.63) is 65.7 Å². The van der Waals surface area contributed by atoms with Crippen LogP contribution in [0.2, 0.25) is 0 Å². The Morgan fingerprint density at radius 2 is 1.68 bits per heavy atom. The van der Waals surface area contributed by atoms with E-state index < -0.39 is 40.2 Å². The molecule has 0 aromatic heterocycles. The number of carbonyl (C=O) groups excluding carboxylic acids is 2. The van der Waals surface area contributed by atoms with Crippen molar-refractivity contribution in [1.29, 1.82) is 0 Å². The average molecular weight is 494 g/mol. The SMILES string of the molecule is C[C@@H](C(=O)NC1CCCC1)N(Cc1ccc(F)cc1)C(=O)CN(c1ccccc1F)S(C)(=O)=O. The number of sulfonamides is 1. The molecule has 1 N–H and O–H groups in total. The number of amides is 2. The van der Waals surface area contributed by atoms with Crippen molar-refractivity contribution < 1.29 is 26.8 Å². The van der Waals surface area contributed by atoms with Crippen LogP contribution in [0.15, 0.2) is 48.5 Å². The predicted molar refractivity (Wildman–Crippen MR) is 125 cm³/mol. The number of para-hydroxylation sites is 1. The first-order valence-electron chi connectivity index (χ1n) is 11.1. The minimum atomic E-state index is -4.02. The Kier molecular flexibility index (Phi) is 8.24. The molecule has 0 aliphatic heterocycles. The van der Waals surface area contributed by atoms with Crippen molar-refractivity contribution in [3.63, 3.8) is 0 Å². The lowest BCUT2D eigenvalue weighted by molar-refractivity contribution is -0.139. The van der Waals surface area contributed by atoms with Gasteiger partial charge in [-0.1, -0.05) is 37.1 Å². The molecule has 1 atom stereocenters. The normalized spacial score (nSPS) is 15.1. The molecule has 0 saturated heterocycles. The summed E-state index contributed by atoms with van der Waals surface area (Å²) < 4.78 is 53.3. The molecule has 34 heavy (non-hydrogen) atoms. The third-order valence-corrected chi connectivity index (χ3v) is 7.06. The largest absolute Gasteiger partial charge is 0.352 e. The predicted octanol–water partition coefficient (Wildman–Crippen LogP) is 3.21. The van der Waals surface area contributed by atoms with Crippen LogP contribution in [-0.2, 0) is 26.2 Å². The van der Waals surface area contributed by atoms with Crippen LogP contribution in [0.3, 0.4) is 0 Å². The molecular weight excluding hydrogens is 464 g/mol. The average Bonchev–Trinajstić information content (AvgIpc) is 3.29. The Balaban J connectivity index is 1.88. The second kappa shape index (κ2) is 10.9. The monoisotopic (exact) mass is 493 g/mol. The summed E-state index contributed by atoms with van der Waals surface area (Å²) >= 11 is 0. The van der Waals surface area contributed by atoms with Crippen LogP contribution in [-0.4, -0.2) is 50.0 Å². The number of carbonyl (C=O) groups is 2. The van der Waals surface area contributed by atoms with Crippen molar-refractivity contribution in [2.24, 2.45) is 0 Å². The first-order valence-corrected chi connectivity index (χ1v) is 13.0. The topological polar surface area (TPSA) is 86.8 Å². The number of hydrogen-bond donors (Lipinski definition) is 1. The molecule has 1 aliphatic rings. The second-order valence-corrected chi connectivity index (χ2v) is 10.4. The Bertz CT molecular complexity index is 1120. The first kappa shape index (κ1) is 25.6. The van der Waals surface area contributed by atoms with Crippen LogP contribution in [0.5, 0.6) is 0 Å². The van der Waals surface area contributed by atoms with Gasteiger partial charge in [-0.3, -0.25) is 13.9 Å². The van der Waals surface area contributed by atoms with Gasteiger partial charge in [0.1, 0.15) is 24.2 Å². The lowest BCUT2D eigenvalue weighted by Gasteiger charge is -2.32. The summed E-state index contributed by atoms with van der Waals surface area (Å²) in [7, 11) is -4.02. The van der Waals surface area contributed by atoms with Gasteiger partial charge in [-0.05, 0) is 49.6 Å². The highest BCUT2D eigenvalue weighted by Gasteiger charge is 2.32. The molecule has 2 amide bonds. The third-order valence-electron chi connectivity index (χ3n) is 5.94. The Morgan fingerprint density at radius 3 is 2.26 bits per heavy atom. The standard InChI is InChI=1S/C24H29F2N3O4S/c1-17(24(31)27-20-7-3-4-8-20)28(15-18-11-13-19(25)14-12-18)23(30)16-29(34(2,32)33)22-10-6-5-9-21(22)26/h5-6,9-14,17,20H,3-4,7-8,15-16H2,1-2H3,(H,27,31)/t17-/m0/s1. The van der Waals surface area contributed by atoms with Crippen LogP contribution < -0.4 is 9.62 Å². The highest BCUT2D eigenvalue weighted by molar-refractivity contribution is 7.92. The maximum atomic E-state index is 14.4. The molecule has 2 aromatic carbocycles. The number of nitrogens with zero attached hydrogens (tertiary/aromatic N) is 2. The summed E-state index contributed by atoms with van der Waals surface area (Å²) in [5.41, 5.74) is 0.301. The van der Waals surface area contributed by atoms with E-state index in [4.69, 9.17) is 0 Å². The van der Waals surface area contributed by atoms with Gasteiger partial charge in [0.25, 0.3) is 0 Å². The van der Waals surface area contributed by atoms with Gasteiger partial charge in [0.2, 0.25) is 21.8 Å². The maximum Gasteiger partial charge on any atom is 0.244 e. The van der Waals surface area contributed by atoms with E-state index >= 15 is 0 Å². The fourth-order valence-corrected chi connectivity index (χ4v) is 4.86. The molecule has 0 unspecified atom stereocenters. The Hall–Kier alpha value is -3.01. The minimum absolute atomic E-state index is 0.0312. The zero-order valence-electron chi connectivity index (χ0n) is 19.2.